The molecular weight excluding hydrogens is 512 g/mol. The van der Waals surface area contributed by atoms with Crippen LogP contribution < -0.4 is 10.9 Å². The van der Waals surface area contributed by atoms with Gasteiger partial charge in [-0.05, 0) is 68.0 Å². The lowest BCUT2D eigenvalue weighted by atomic mass is 9.97. The Hall–Kier alpha value is -2.75. The maximum atomic E-state index is 14.0. The van der Waals surface area contributed by atoms with Gasteiger partial charge >= 0.3 is 0 Å². The third-order valence-corrected chi connectivity index (χ3v) is 8.53. The molecule has 35 heavy (non-hydrogen) atoms. The molecule has 0 bridgehead atoms. The summed E-state index contributed by atoms with van der Waals surface area (Å²) in [6, 6.07) is 8.65. The van der Waals surface area contributed by atoms with Gasteiger partial charge < -0.3 is 5.32 Å². The Morgan fingerprint density at radius 2 is 1.89 bits per heavy atom. The topological polar surface area (TPSA) is 64.0 Å². The molecule has 5 rings (SSSR count). The molecule has 1 aliphatic carbocycles. The Labute approximate surface area is 213 Å². The standard InChI is InChI=1S/C25H20ClF2N3O2S2/c1-13-15(26)7-4-10-18(13)31-24(33)21-14-6-2-3-11-19(14)35-23(21)30-25(31)34-12-20(32)29-22-16(27)8-5-9-17(22)28/h4-5,7-10H,2-3,6,11-12H2,1H3,(H,29,32). The Kier molecular flexibility index (Phi) is 6.65. The number of halogens is 3. The Bertz CT molecular complexity index is 1510. The molecule has 2 heterocycles. The lowest BCUT2D eigenvalue weighted by Crippen LogP contribution is -2.24. The SMILES string of the molecule is Cc1c(Cl)cccc1-n1c(SCC(=O)Nc2c(F)cccc2F)nc2sc3c(c2c1=O)CCCC3. The van der Waals surface area contributed by atoms with Crippen LogP contribution in [0.3, 0.4) is 0 Å². The normalized spacial score (nSPS) is 13.1. The average molecular weight is 532 g/mol. The number of amides is 1. The van der Waals surface area contributed by atoms with Gasteiger partial charge in [-0.15, -0.1) is 11.3 Å². The van der Waals surface area contributed by atoms with Crippen molar-refractivity contribution in [3.8, 4) is 5.69 Å². The van der Waals surface area contributed by atoms with Crippen molar-refractivity contribution in [2.24, 2.45) is 0 Å². The molecule has 1 amide bonds. The first kappa shape index (κ1) is 24.0. The van der Waals surface area contributed by atoms with E-state index in [-0.39, 0.29) is 11.3 Å². The van der Waals surface area contributed by atoms with E-state index < -0.39 is 23.2 Å². The molecule has 5 nitrogen and oxygen atoms in total. The van der Waals surface area contributed by atoms with Crippen LogP contribution in [0.1, 0.15) is 28.8 Å². The average Bonchev–Trinajstić information content (AvgIpc) is 3.21. The van der Waals surface area contributed by atoms with Crippen molar-refractivity contribution in [3.63, 3.8) is 0 Å². The molecule has 2 aromatic heterocycles. The summed E-state index contributed by atoms with van der Waals surface area (Å²) in [5.41, 5.74) is 1.64. The number of carbonyl (C=O) groups is 1. The van der Waals surface area contributed by atoms with Crippen LogP contribution in [-0.4, -0.2) is 21.2 Å². The highest BCUT2D eigenvalue weighted by Gasteiger charge is 2.24. The monoisotopic (exact) mass is 531 g/mol. The molecule has 1 aliphatic rings. The minimum Gasteiger partial charge on any atom is -0.320 e. The zero-order valence-electron chi connectivity index (χ0n) is 18.7. The van der Waals surface area contributed by atoms with E-state index in [0.717, 1.165) is 55.1 Å². The summed E-state index contributed by atoms with van der Waals surface area (Å²) in [6.45, 7) is 1.82. The van der Waals surface area contributed by atoms with Gasteiger partial charge in [-0.25, -0.2) is 13.8 Å². The van der Waals surface area contributed by atoms with Crippen LogP contribution in [0.4, 0.5) is 14.5 Å². The second-order valence-corrected chi connectivity index (χ2v) is 10.7. The number of fused-ring (bicyclic) bond motifs is 3. The molecule has 2 aromatic carbocycles. The number of hydrogen-bond donors (Lipinski definition) is 1. The van der Waals surface area contributed by atoms with E-state index in [4.69, 9.17) is 16.6 Å². The second kappa shape index (κ2) is 9.72. The first-order chi connectivity index (χ1) is 16.8. The zero-order valence-corrected chi connectivity index (χ0v) is 21.0. The van der Waals surface area contributed by atoms with Gasteiger partial charge in [0.25, 0.3) is 5.56 Å². The summed E-state index contributed by atoms with van der Waals surface area (Å²) in [7, 11) is 0. The van der Waals surface area contributed by atoms with E-state index in [2.05, 4.69) is 5.32 Å². The quantitative estimate of drug-likeness (QED) is 0.242. The summed E-state index contributed by atoms with van der Waals surface area (Å²) >= 11 is 8.90. The number of aryl methyl sites for hydroxylation is 2. The number of thioether (sulfide) groups is 1. The van der Waals surface area contributed by atoms with E-state index in [1.807, 2.05) is 6.92 Å². The number of anilines is 1. The fourth-order valence-corrected chi connectivity index (χ4v) is 6.53. The number of benzene rings is 2. The highest BCUT2D eigenvalue weighted by Crippen LogP contribution is 2.36. The van der Waals surface area contributed by atoms with Crippen molar-refractivity contribution in [2.45, 2.75) is 37.8 Å². The maximum Gasteiger partial charge on any atom is 0.267 e. The second-order valence-electron chi connectivity index (χ2n) is 8.24. The van der Waals surface area contributed by atoms with E-state index in [9.17, 15) is 18.4 Å². The van der Waals surface area contributed by atoms with Crippen molar-refractivity contribution < 1.29 is 13.6 Å². The lowest BCUT2D eigenvalue weighted by Gasteiger charge is -2.16. The third-order valence-electron chi connectivity index (χ3n) is 6.00. The van der Waals surface area contributed by atoms with Gasteiger partial charge in [0, 0.05) is 9.90 Å². The van der Waals surface area contributed by atoms with Gasteiger partial charge in [0.2, 0.25) is 5.91 Å². The van der Waals surface area contributed by atoms with E-state index in [1.165, 1.54) is 26.8 Å². The van der Waals surface area contributed by atoms with Crippen LogP contribution in [0, 0.1) is 18.6 Å². The molecule has 4 aromatic rings. The molecular formula is C25H20ClF2N3O2S2. The zero-order chi connectivity index (χ0) is 24.7. The van der Waals surface area contributed by atoms with Crippen molar-refractivity contribution >= 4 is 56.5 Å². The third kappa shape index (κ3) is 4.48. The lowest BCUT2D eigenvalue weighted by molar-refractivity contribution is -0.113. The van der Waals surface area contributed by atoms with Crippen molar-refractivity contribution in [1.82, 2.24) is 9.55 Å². The first-order valence-corrected chi connectivity index (χ1v) is 13.2. The van der Waals surface area contributed by atoms with Crippen LogP contribution in [-0.2, 0) is 17.6 Å². The van der Waals surface area contributed by atoms with Crippen LogP contribution >= 0.6 is 34.7 Å². The largest absolute Gasteiger partial charge is 0.320 e. The highest BCUT2D eigenvalue weighted by molar-refractivity contribution is 7.99. The van der Waals surface area contributed by atoms with E-state index in [0.29, 0.717) is 31.6 Å². The number of nitrogens with one attached hydrogen (secondary N) is 1. The number of aromatic nitrogens is 2. The first-order valence-electron chi connectivity index (χ1n) is 11.0. The van der Waals surface area contributed by atoms with Crippen LogP contribution in [0.25, 0.3) is 15.9 Å². The van der Waals surface area contributed by atoms with Crippen LogP contribution in [0.5, 0.6) is 0 Å². The number of rotatable bonds is 5. The summed E-state index contributed by atoms with van der Waals surface area (Å²) in [4.78, 5) is 33.0. The molecule has 0 fully saturated rings. The molecule has 0 unspecified atom stereocenters. The van der Waals surface area contributed by atoms with Gasteiger partial charge in [-0.3, -0.25) is 14.2 Å². The van der Waals surface area contributed by atoms with Crippen LogP contribution in [0.15, 0.2) is 46.3 Å². The molecule has 0 atom stereocenters. The minimum absolute atomic E-state index is 0.198. The summed E-state index contributed by atoms with van der Waals surface area (Å²) in [5, 5.41) is 3.71. The molecule has 0 saturated heterocycles. The van der Waals surface area contributed by atoms with Crippen molar-refractivity contribution in [3.05, 3.63) is 79.4 Å². The molecule has 1 N–H and O–H groups in total. The number of para-hydroxylation sites is 1. The maximum absolute atomic E-state index is 14.0. The fourth-order valence-electron chi connectivity index (χ4n) is 4.26. The van der Waals surface area contributed by atoms with Gasteiger partial charge in [0.1, 0.15) is 22.2 Å². The number of hydrogen-bond acceptors (Lipinski definition) is 5. The van der Waals surface area contributed by atoms with Gasteiger partial charge in [0.05, 0.1) is 16.8 Å². The molecule has 0 radical (unpaired) electrons. The van der Waals surface area contributed by atoms with Gasteiger partial charge in [-0.1, -0.05) is 35.5 Å². The summed E-state index contributed by atoms with van der Waals surface area (Å²) < 4.78 is 29.4. The van der Waals surface area contributed by atoms with Gasteiger partial charge in [-0.2, -0.15) is 0 Å². The van der Waals surface area contributed by atoms with E-state index >= 15 is 0 Å². The molecule has 0 spiro atoms. The molecule has 180 valence electrons. The smallest absolute Gasteiger partial charge is 0.267 e. The predicted octanol–water partition coefficient (Wildman–Crippen LogP) is 6.30. The van der Waals surface area contributed by atoms with Crippen molar-refractivity contribution in [2.75, 3.05) is 11.1 Å². The Morgan fingerprint density at radius 3 is 2.66 bits per heavy atom. The Morgan fingerprint density at radius 1 is 1.17 bits per heavy atom. The summed E-state index contributed by atoms with van der Waals surface area (Å²) in [6.07, 6.45) is 3.86. The van der Waals surface area contributed by atoms with Crippen molar-refractivity contribution in [1.29, 1.82) is 0 Å². The number of carbonyl (C=O) groups excluding carboxylic acids is 1. The van der Waals surface area contributed by atoms with Crippen LogP contribution in [0.2, 0.25) is 5.02 Å². The molecule has 10 heteroatoms. The highest BCUT2D eigenvalue weighted by atomic mass is 35.5. The number of nitrogens with zero attached hydrogens (tertiary/aromatic N) is 2. The Balaban J connectivity index is 1.57. The summed E-state index contributed by atoms with van der Waals surface area (Å²) in [5.74, 6) is -2.54. The minimum atomic E-state index is -0.862. The van der Waals surface area contributed by atoms with E-state index in [1.54, 1.807) is 18.2 Å². The fraction of sp³-hybridized carbons (Fsp3) is 0.240. The van der Waals surface area contributed by atoms with Gasteiger partial charge in [0.15, 0.2) is 5.16 Å². The molecule has 0 aliphatic heterocycles. The predicted molar refractivity (Wildman–Crippen MR) is 137 cm³/mol. The molecule has 0 saturated carbocycles. The number of thiophene rings is 1.